The minimum Gasteiger partial charge on any atom is -0.457 e. The number of esters is 1. The highest BCUT2D eigenvalue weighted by atomic mass is 16.8. The molecule has 0 aliphatic carbocycles. The van der Waals surface area contributed by atoms with E-state index in [1.807, 2.05) is 182 Å². The molecule has 362 valence electrons. The lowest BCUT2D eigenvalue weighted by atomic mass is 9.67. The van der Waals surface area contributed by atoms with Gasteiger partial charge in [0.25, 0.3) is 0 Å². The van der Waals surface area contributed by atoms with E-state index in [9.17, 15) is 20.1 Å². The third-order valence-electron chi connectivity index (χ3n) is 12.8. The van der Waals surface area contributed by atoms with Crippen LogP contribution in [0.2, 0.25) is 0 Å². The van der Waals surface area contributed by atoms with E-state index < -0.39 is 72.5 Å². The van der Waals surface area contributed by atoms with Gasteiger partial charge in [-0.25, -0.2) is 0 Å². The van der Waals surface area contributed by atoms with E-state index in [1.54, 1.807) is 0 Å². The van der Waals surface area contributed by atoms with Crippen LogP contribution in [0.4, 0.5) is 0 Å². The molecule has 6 aromatic rings. The molecular weight excluding hydrogens is 877 g/mol. The maximum Gasteiger partial charge on any atom is 0.303 e. The average molecular weight is 939 g/mol. The molecule has 2 aliphatic heterocycles. The van der Waals surface area contributed by atoms with Crippen LogP contribution in [-0.4, -0.2) is 102 Å². The van der Waals surface area contributed by atoms with Gasteiger partial charge in [-0.05, 0) is 33.4 Å². The molecule has 1 unspecified atom stereocenters. The number of aliphatic hydroxyl groups is 3. The van der Waals surface area contributed by atoms with Crippen molar-refractivity contribution in [2.75, 3.05) is 13.7 Å². The fourth-order valence-electron chi connectivity index (χ4n) is 9.42. The van der Waals surface area contributed by atoms with Gasteiger partial charge < -0.3 is 53.2 Å². The number of hydrogen-bond acceptors (Lipinski definition) is 12. The monoisotopic (exact) mass is 938 g/mol. The van der Waals surface area contributed by atoms with Gasteiger partial charge in [0.05, 0.1) is 32.5 Å². The van der Waals surface area contributed by atoms with Crippen molar-refractivity contribution >= 4 is 5.97 Å². The summed E-state index contributed by atoms with van der Waals surface area (Å²) in [5.74, 6) is -0.579. The van der Waals surface area contributed by atoms with Gasteiger partial charge in [0.15, 0.2) is 24.3 Å². The highest BCUT2D eigenvalue weighted by Crippen LogP contribution is 2.47. The van der Waals surface area contributed by atoms with E-state index in [-0.39, 0.29) is 45.7 Å². The minimum atomic E-state index is -2.29. The quantitative estimate of drug-likeness (QED) is 0.0620. The van der Waals surface area contributed by atoms with E-state index in [0.717, 1.165) is 22.3 Å². The summed E-state index contributed by atoms with van der Waals surface area (Å²) in [5.41, 5.74) is 0.234. The summed E-state index contributed by atoms with van der Waals surface area (Å²) in [6.07, 6.45) is -11.7. The third-order valence-corrected chi connectivity index (χ3v) is 12.8. The molecular formula is C57H62O12. The van der Waals surface area contributed by atoms with E-state index >= 15 is 0 Å². The Labute approximate surface area is 404 Å². The molecule has 0 radical (unpaired) electrons. The van der Waals surface area contributed by atoms with Gasteiger partial charge >= 0.3 is 5.97 Å². The lowest BCUT2D eigenvalue weighted by Gasteiger charge is -2.58. The zero-order chi connectivity index (χ0) is 48.1. The van der Waals surface area contributed by atoms with Crippen LogP contribution in [0.15, 0.2) is 182 Å². The Morgan fingerprint density at radius 2 is 1.00 bits per heavy atom. The van der Waals surface area contributed by atoms with E-state index in [1.165, 1.54) is 14.0 Å². The first-order valence-corrected chi connectivity index (χ1v) is 23.5. The Balaban J connectivity index is 1.26. The van der Waals surface area contributed by atoms with Crippen molar-refractivity contribution in [3.8, 4) is 0 Å². The van der Waals surface area contributed by atoms with Crippen molar-refractivity contribution in [2.45, 2.75) is 113 Å². The molecule has 2 saturated heterocycles. The third kappa shape index (κ3) is 12.4. The summed E-state index contributed by atoms with van der Waals surface area (Å²) in [6, 6.07) is 56.7. The van der Waals surface area contributed by atoms with Gasteiger partial charge in [0.2, 0.25) is 0 Å². The van der Waals surface area contributed by atoms with Crippen LogP contribution in [-0.2, 0) is 81.8 Å². The molecule has 0 amide bonds. The van der Waals surface area contributed by atoms with Gasteiger partial charge in [-0.1, -0.05) is 182 Å². The minimum absolute atomic E-state index is 0.0566. The molecule has 0 spiro atoms. The number of hydrogen-bond donors (Lipinski definition) is 3. The predicted octanol–water partition coefficient (Wildman–Crippen LogP) is 7.34. The van der Waals surface area contributed by atoms with Crippen molar-refractivity contribution in [3.05, 3.63) is 215 Å². The van der Waals surface area contributed by atoms with Gasteiger partial charge in [-0.2, -0.15) is 0 Å². The standard InChI is InChI=1S/C57H62O12/c1-40(58)66-50-48(39-63-36-44-27-15-6-16-28-44)67-54(52(65-38-46-31-19-8-20-32-46)51(50)64-37-45-29-17-7-18-30-45)69-53-49(47(59)33-41-21-9-3-10-22-41)68-55(62-2)57(61,35-43-25-13-5-14-26-43)56(53,60)34-42-23-11-4-12-24-42/h3-32,47-55,59-61H,33-39H2,1-2H3/t47?,48-,49-,50+,51+,52-,53-,54+,55+,56+,57+/m1/s1. The second-order valence-corrected chi connectivity index (χ2v) is 17.8. The van der Waals surface area contributed by atoms with Crippen LogP contribution < -0.4 is 0 Å². The number of aliphatic hydroxyl groups excluding tert-OH is 1. The first-order valence-electron chi connectivity index (χ1n) is 23.5. The van der Waals surface area contributed by atoms with Crippen molar-refractivity contribution in [1.82, 2.24) is 0 Å². The van der Waals surface area contributed by atoms with Gasteiger partial charge in [-0.15, -0.1) is 0 Å². The molecule has 2 fully saturated rings. The van der Waals surface area contributed by atoms with Crippen LogP contribution >= 0.6 is 0 Å². The molecule has 3 N–H and O–H groups in total. The number of ether oxygens (including phenoxy) is 8. The van der Waals surface area contributed by atoms with Gasteiger partial charge in [0.1, 0.15) is 36.1 Å². The lowest BCUT2D eigenvalue weighted by Crippen LogP contribution is -2.78. The Hall–Kier alpha value is -5.61. The largest absolute Gasteiger partial charge is 0.457 e. The number of benzene rings is 6. The van der Waals surface area contributed by atoms with Crippen LogP contribution in [0.1, 0.15) is 40.3 Å². The fraction of sp³-hybridized carbons (Fsp3) is 0.351. The topological polar surface area (TPSA) is 152 Å². The molecule has 12 heteroatoms. The Bertz CT molecular complexity index is 2430. The normalized spacial score (nSPS) is 27.3. The van der Waals surface area contributed by atoms with Crippen LogP contribution in [0.25, 0.3) is 0 Å². The summed E-state index contributed by atoms with van der Waals surface area (Å²) in [4.78, 5) is 13.1. The molecule has 0 aromatic heterocycles. The van der Waals surface area contributed by atoms with Gasteiger partial charge in [0, 0.05) is 33.3 Å². The van der Waals surface area contributed by atoms with Crippen molar-refractivity contribution in [2.24, 2.45) is 0 Å². The second kappa shape index (κ2) is 23.8. The molecule has 2 heterocycles. The van der Waals surface area contributed by atoms with Crippen molar-refractivity contribution in [1.29, 1.82) is 0 Å². The zero-order valence-electron chi connectivity index (χ0n) is 39.0. The number of carbonyl (C=O) groups is 1. The highest BCUT2D eigenvalue weighted by Gasteiger charge is 2.68. The van der Waals surface area contributed by atoms with E-state index in [4.69, 9.17) is 37.9 Å². The molecule has 69 heavy (non-hydrogen) atoms. The molecule has 2 aliphatic rings. The van der Waals surface area contributed by atoms with E-state index in [0.29, 0.717) is 11.1 Å². The summed E-state index contributed by atoms with van der Waals surface area (Å²) in [5, 5.41) is 39.8. The molecule has 8 rings (SSSR count). The number of carbonyl (C=O) groups excluding carboxylic acids is 1. The average Bonchev–Trinajstić information content (AvgIpc) is 3.37. The maximum absolute atomic E-state index is 13.9. The fourth-order valence-corrected chi connectivity index (χ4v) is 9.42. The first-order chi connectivity index (χ1) is 33.6. The van der Waals surface area contributed by atoms with Gasteiger partial charge in [-0.3, -0.25) is 4.79 Å². The highest BCUT2D eigenvalue weighted by molar-refractivity contribution is 5.66. The molecule has 6 aromatic carbocycles. The molecule has 0 bridgehead atoms. The zero-order valence-corrected chi connectivity index (χ0v) is 39.0. The summed E-state index contributed by atoms with van der Waals surface area (Å²) >= 11 is 0. The number of rotatable bonds is 21. The Morgan fingerprint density at radius 1 is 0.565 bits per heavy atom. The smallest absolute Gasteiger partial charge is 0.303 e. The molecule has 11 atom stereocenters. The lowest BCUT2D eigenvalue weighted by molar-refractivity contribution is -0.410. The van der Waals surface area contributed by atoms with Crippen molar-refractivity contribution < 1.29 is 58.0 Å². The maximum atomic E-state index is 13.9. The van der Waals surface area contributed by atoms with Crippen LogP contribution in [0, 0.1) is 0 Å². The molecule has 12 nitrogen and oxygen atoms in total. The van der Waals surface area contributed by atoms with Crippen LogP contribution in [0.5, 0.6) is 0 Å². The molecule has 0 saturated carbocycles. The summed E-state index contributed by atoms with van der Waals surface area (Å²) in [7, 11) is 1.40. The van der Waals surface area contributed by atoms with Crippen LogP contribution in [0.3, 0.4) is 0 Å². The Kier molecular flexibility index (Phi) is 17.2. The summed E-state index contributed by atoms with van der Waals surface area (Å²) < 4.78 is 53.1. The van der Waals surface area contributed by atoms with Crippen molar-refractivity contribution in [3.63, 3.8) is 0 Å². The number of methoxy groups -OCH3 is 1. The second-order valence-electron chi connectivity index (χ2n) is 17.8. The Morgan fingerprint density at radius 3 is 1.48 bits per heavy atom. The van der Waals surface area contributed by atoms with E-state index in [2.05, 4.69) is 0 Å². The predicted molar refractivity (Wildman–Crippen MR) is 257 cm³/mol. The first kappa shape index (κ1) is 49.8. The SMILES string of the molecule is CO[C@H]1O[C@H](C(O)Cc2ccccc2)[C@@H](O[C@@H]2O[C@H](COCc3ccccc3)[C@H](OC(C)=O)[C@H](OCc3ccccc3)[C@H]2OCc2ccccc2)[C@@](O)(Cc2ccccc2)[C@]1(O)Cc1ccccc1. The summed E-state index contributed by atoms with van der Waals surface area (Å²) in [6.45, 7) is 1.60.